The van der Waals surface area contributed by atoms with E-state index in [1.54, 1.807) is 12.3 Å². The van der Waals surface area contributed by atoms with Crippen molar-refractivity contribution in [2.24, 2.45) is 5.73 Å². The predicted molar refractivity (Wildman–Crippen MR) is 75.8 cm³/mol. The fraction of sp³-hybridized carbons (Fsp3) is 0.267. The van der Waals surface area contributed by atoms with Crippen LogP contribution in [0.15, 0.2) is 30.5 Å². The minimum atomic E-state index is -0.341. The van der Waals surface area contributed by atoms with Crippen molar-refractivity contribution in [3.05, 3.63) is 63.7 Å². The zero-order valence-electron chi connectivity index (χ0n) is 11.0. The Morgan fingerprint density at radius 2 is 2.05 bits per heavy atom. The molecule has 2 aromatic rings. The lowest BCUT2D eigenvalue weighted by atomic mass is 10.00. The molecule has 1 atom stereocenters. The number of halogens is 2. The lowest BCUT2D eigenvalue weighted by Gasteiger charge is -2.15. The summed E-state index contributed by atoms with van der Waals surface area (Å²) in [4.78, 5) is 4.38. The second kappa shape index (κ2) is 5.68. The van der Waals surface area contributed by atoms with E-state index in [1.807, 2.05) is 13.8 Å². The first-order valence-corrected chi connectivity index (χ1v) is 6.48. The fourth-order valence-electron chi connectivity index (χ4n) is 2.13. The van der Waals surface area contributed by atoms with Gasteiger partial charge < -0.3 is 5.73 Å². The third kappa shape index (κ3) is 3.31. The van der Waals surface area contributed by atoms with Crippen LogP contribution in [0.2, 0.25) is 5.02 Å². The van der Waals surface area contributed by atoms with Crippen LogP contribution in [0.25, 0.3) is 0 Å². The van der Waals surface area contributed by atoms with Crippen molar-refractivity contribution in [1.29, 1.82) is 0 Å². The van der Waals surface area contributed by atoms with Gasteiger partial charge in [0, 0.05) is 11.2 Å². The van der Waals surface area contributed by atoms with Crippen LogP contribution in [-0.2, 0) is 6.42 Å². The highest BCUT2D eigenvalue weighted by molar-refractivity contribution is 6.31. The van der Waals surface area contributed by atoms with Crippen molar-refractivity contribution in [2.45, 2.75) is 26.3 Å². The molecule has 0 spiro atoms. The Labute approximate surface area is 117 Å². The first kappa shape index (κ1) is 14.0. The Hall–Kier alpha value is -1.45. The molecule has 0 aliphatic carbocycles. The van der Waals surface area contributed by atoms with Crippen LogP contribution in [0.1, 0.15) is 28.4 Å². The molecule has 0 saturated heterocycles. The number of pyridine rings is 1. The van der Waals surface area contributed by atoms with Gasteiger partial charge in [0.05, 0.1) is 11.7 Å². The molecule has 1 aromatic carbocycles. The summed E-state index contributed by atoms with van der Waals surface area (Å²) in [5.41, 5.74) is 10.0. The van der Waals surface area contributed by atoms with E-state index in [-0.39, 0.29) is 11.9 Å². The molecule has 2 nitrogen and oxygen atoms in total. The Morgan fingerprint density at radius 3 is 2.68 bits per heavy atom. The van der Waals surface area contributed by atoms with E-state index in [0.717, 1.165) is 22.4 Å². The summed E-state index contributed by atoms with van der Waals surface area (Å²) in [6.45, 7) is 3.98. The Balaban J connectivity index is 2.23. The molecule has 0 aliphatic heterocycles. The van der Waals surface area contributed by atoms with Gasteiger partial charge in [0.1, 0.15) is 5.82 Å². The number of rotatable bonds is 3. The first-order valence-electron chi connectivity index (χ1n) is 6.10. The summed E-state index contributed by atoms with van der Waals surface area (Å²) in [5, 5.41) is 0.403. The molecule has 0 amide bonds. The van der Waals surface area contributed by atoms with E-state index < -0.39 is 0 Å². The van der Waals surface area contributed by atoms with Crippen molar-refractivity contribution in [3.63, 3.8) is 0 Å². The Morgan fingerprint density at radius 1 is 1.32 bits per heavy atom. The van der Waals surface area contributed by atoms with Crippen molar-refractivity contribution in [1.82, 2.24) is 4.98 Å². The topological polar surface area (TPSA) is 38.9 Å². The lowest BCUT2D eigenvalue weighted by molar-refractivity contribution is 0.625. The van der Waals surface area contributed by atoms with Gasteiger partial charge in [-0.1, -0.05) is 23.7 Å². The smallest absolute Gasteiger partial charge is 0.124 e. The standard InChI is InChI=1S/C15H16ClFN2/c1-9-5-10(2)15(19-8-9)14(18)6-11-3-4-12(17)7-13(11)16/h3-5,7-8,14H,6,18H2,1-2H3. The number of nitrogens with two attached hydrogens (primary N) is 1. The van der Waals surface area contributed by atoms with Gasteiger partial charge in [-0.25, -0.2) is 4.39 Å². The molecule has 100 valence electrons. The summed E-state index contributed by atoms with van der Waals surface area (Å²) >= 11 is 6.01. The molecule has 19 heavy (non-hydrogen) atoms. The van der Waals surface area contributed by atoms with Crippen LogP contribution < -0.4 is 5.73 Å². The lowest BCUT2D eigenvalue weighted by Crippen LogP contribution is -2.16. The minimum absolute atomic E-state index is 0.247. The molecule has 0 saturated carbocycles. The van der Waals surface area contributed by atoms with E-state index in [1.165, 1.54) is 12.1 Å². The minimum Gasteiger partial charge on any atom is -0.322 e. The number of hydrogen-bond donors (Lipinski definition) is 1. The van der Waals surface area contributed by atoms with Crippen LogP contribution >= 0.6 is 11.6 Å². The Kier molecular flexibility index (Phi) is 4.17. The van der Waals surface area contributed by atoms with Crippen LogP contribution in [0.4, 0.5) is 4.39 Å². The van der Waals surface area contributed by atoms with Gasteiger partial charge in [0.25, 0.3) is 0 Å². The van der Waals surface area contributed by atoms with E-state index >= 15 is 0 Å². The normalized spacial score (nSPS) is 12.5. The Bertz CT molecular complexity index is 599. The molecule has 0 aliphatic rings. The maximum absolute atomic E-state index is 13.0. The van der Waals surface area contributed by atoms with Crippen molar-refractivity contribution in [3.8, 4) is 0 Å². The average Bonchev–Trinajstić information content (AvgIpc) is 2.32. The van der Waals surface area contributed by atoms with Crippen LogP contribution in [0.3, 0.4) is 0 Å². The van der Waals surface area contributed by atoms with E-state index in [0.29, 0.717) is 11.4 Å². The molecule has 2 rings (SSSR count). The number of nitrogens with zero attached hydrogens (tertiary/aromatic N) is 1. The second-order valence-electron chi connectivity index (χ2n) is 4.76. The van der Waals surface area contributed by atoms with E-state index in [9.17, 15) is 4.39 Å². The largest absolute Gasteiger partial charge is 0.322 e. The molecule has 0 fully saturated rings. The summed E-state index contributed by atoms with van der Waals surface area (Å²) < 4.78 is 13.0. The molecular weight excluding hydrogens is 263 g/mol. The summed E-state index contributed by atoms with van der Waals surface area (Å²) in [7, 11) is 0. The van der Waals surface area contributed by atoms with Crippen molar-refractivity contribution in [2.75, 3.05) is 0 Å². The monoisotopic (exact) mass is 278 g/mol. The van der Waals surface area contributed by atoms with Crippen LogP contribution in [0.5, 0.6) is 0 Å². The van der Waals surface area contributed by atoms with Crippen LogP contribution in [0, 0.1) is 19.7 Å². The highest BCUT2D eigenvalue weighted by Gasteiger charge is 2.13. The third-order valence-corrected chi connectivity index (χ3v) is 3.41. The molecule has 1 aromatic heterocycles. The predicted octanol–water partition coefficient (Wildman–Crippen LogP) is 3.73. The molecule has 1 unspecified atom stereocenters. The third-order valence-electron chi connectivity index (χ3n) is 3.06. The number of aryl methyl sites for hydroxylation is 2. The molecule has 0 bridgehead atoms. The highest BCUT2D eigenvalue weighted by Crippen LogP contribution is 2.23. The van der Waals surface area contributed by atoms with Gasteiger partial charge in [-0.05, 0) is 49.1 Å². The van der Waals surface area contributed by atoms with Gasteiger partial charge in [-0.15, -0.1) is 0 Å². The zero-order valence-corrected chi connectivity index (χ0v) is 11.7. The molecule has 0 radical (unpaired) electrons. The second-order valence-corrected chi connectivity index (χ2v) is 5.17. The maximum Gasteiger partial charge on any atom is 0.124 e. The molecule has 1 heterocycles. The van der Waals surface area contributed by atoms with Gasteiger partial charge in [-0.3, -0.25) is 4.98 Å². The molecular formula is C15H16ClFN2. The number of benzene rings is 1. The number of hydrogen-bond acceptors (Lipinski definition) is 2. The van der Waals surface area contributed by atoms with Gasteiger partial charge >= 0.3 is 0 Å². The SMILES string of the molecule is Cc1cnc(C(N)Cc2ccc(F)cc2Cl)c(C)c1. The first-order chi connectivity index (χ1) is 8.97. The van der Waals surface area contributed by atoms with Gasteiger partial charge in [-0.2, -0.15) is 0 Å². The number of aromatic nitrogens is 1. The van der Waals surface area contributed by atoms with Crippen molar-refractivity contribution < 1.29 is 4.39 Å². The quantitative estimate of drug-likeness (QED) is 0.929. The average molecular weight is 279 g/mol. The summed E-state index contributed by atoms with van der Waals surface area (Å²) in [6, 6.07) is 6.17. The van der Waals surface area contributed by atoms with E-state index in [2.05, 4.69) is 11.1 Å². The maximum atomic E-state index is 13.0. The summed E-state index contributed by atoms with van der Waals surface area (Å²) in [5.74, 6) is -0.341. The fourth-order valence-corrected chi connectivity index (χ4v) is 2.38. The van der Waals surface area contributed by atoms with E-state index in [4.69, 9.17) is 17.3 Å². The molecule has 2 N–H and O–H groups in total. The highest BCUT2D eigenvalue weighted by atomic mass is 35.5. The van der Waals surface area contributed by atoms with Crippen LogP contribution in [-0.4, -0.2) is 4.98 Å². The van der Waals surface area contributed by atoms with Gasteiger partial charge in [0.15, 0.2) is 0 Å². The van der Waals surface area contributed by atoms with Crippen molar-refractivity contribution >= 4 is 11.6 Å². The van der Waals surface area contributed by atoms with Gasteiger partial charge in [0.2, 0.25) is 0 Å². The zero-order chi connectivity index (χ0) is 14.0. The molecule has 4 heteroatoms. The summed E-state index contributed by atoms with van der Waals surface area (Å²) in [6.07, 6.45) is 2.34.